The minimum atomic E-state index is -0.423. The number of aliphatic imine (C=N–C) groups is 1. The van der Waals surface area contributed by atoms with Crippen molar-refractivity contribution in [2.24, 2.45) is 4.99 Å². The minimum Gasteiger partial charge on any atom is -0.401 e. The lowest BCUT2D eigenvalue weighted by Crippen LogP contribution is -2.22. The molecule has 0 spiro atoms. The summed E-state index contributed by atoms with van der Waals surface area (Å²) in [5.74, 6) is 0.950. The van der Waals surface area contributed by atoms with Gasteiger partial charge in [0.25, 0.3) is 0 Å². The molecule has 0 atom stereocenters. The summed E-state index contributed by atoms with van der Waals surface area (Å²) in [6.45, 7) is 3.92. The number of carbonyl (C=O) groups is 1. The molecule has 0 radical (unpaired) electrons. The number of cyclic esters (lactones) is 1. The van der Waals surface area contributed by atoms with Crippen LogP contribution in [0.1, 0.15) is 29.0 Å². The van der Waals surface area contributed by atoms with Crippen LogP contribution in [0.5, 0.6) is 0 Å². The second-order valence-electron chi connectivity index (χ2n) is 7.08. The van der Waals surface area contributed by atoms with E-state index in [9.17, 15) is 4.79 Å². The van der Waals surface area contributed by atoms with E-state index in [1.54, 1.807) is 0 Å². The number of carbonyl (C=O) groups excluding carboxylic acids is 1. The largest absolute Gasteiger partial charge is 0.401 e. The lowest BCUT2D eigenvalue weighted by atomic mass is 10.2. The number of esters is 1. The van der Waals surface area contributed by atoms with E-state index < -0.39 is 5.97 Å². The number of benzene rings is 1. The van der Waals surface area contributed by atoms with Gasteiger partial charge in [-0.2, -0.15) is 5.10 Å². The van der Waals surface area contributed by atoms with Crippen molar-refractivity contribution in [3.8, 4) is 5.69 Å². The molecule has 2 aliphatic rings. The van der Waals surface area contributed by atoms with Gasteiger partial charge in [-0.15, -0.1) is 11.3 Å². The van der Waals surface area contributed by atoms with Crippen molar-refractivity contribution in [2.45, 2.75) is 19.8 Å². The molecule has 2 aliphatic heterocycles. The Morgan fingerprint density at radius 3 is 2.62 bits per heavy atom. The molecule has 1 fully saturated rings. The molecule has 1 aromatic carbocycles. The van der Waals surface area contributed by atoms with Crippen LogP contribution in [0.15, 0.2) is 58.5 Å². The molecule has 2 aromatic heterocycles. The number of hydrogen-bond donors (Lipinski definition) is 0. The highest BCUT2D eigenvalue weighted by molar-refractivity contribution is 7.12. The van der Waals surface area contributed by atoms with Crippen LogP contribution in [0.2, 0.25) is 0 Å². The van der Waals surface area contributed by atoms with E-state index in [0.29, 0.717) is 11.6 Å². The van der Waals surface area contributed by atoms with Gasteiger partial charge in [-0.05, 0) is 49.4 Å². The molecule has 5 rings (SSSR count). The Kier molecular flexibility index (Phi) is 4.52. The highest BCUT2D eigenvalue weighted by Crippen LogP contribution is 2.33. The summed E-state index contributed by atoms with van der Waals surface area (Å²) in [5, 5.41) is 6.73. The zero-order chi connectivity index (χ0) is 19.8. The predicted octanol–water partition coefficient (Wildman–Crippen LogP) is 4.19. The van der Waals surface area contributed by atoms with Crippen LogP contribution < -0.4 is 4.90 Å². The van der Waals surface area contributed by atoms with Crippen LogP contribution in [-0.4, -0.2) is 34.7 Å². The summed E-state index contributed by atoms with van der Waals surface area (Å²) in [7, 11) is 0. The fourth-order valence-electron chi connectivity index (χ4n) is 3.73. The molecule has 0 amide bonds. The molecule has 0 N–H and O–H groups in total. The number of thiophene rings is 1. The molecule has 0 aliphatic carbocycles. The average Bonchev–Trinajstić information content (AvgIpc) is 3.52. The first kappa shape index (κ1) is 17.9. The number of hydrogen-bond acceptors (Lipinski definition) is 6. The van der Waals surface area contributed by atoms with Gasteiger partial charge >= 0.3 is 5.97 Å². The van der Waals surface area contributed by atoms with Crippen LogP contribution in [0, 0.1) is 6.92 Å². The van der Waals surface area contributed by atoms with E-state index >= 15 is 0 Å². The lowest BCUT2D eigenvalue weighted by molar-refractivity contribution is -0.129. The summed E-state index contributed by atoms with van der Waals surface area (Å²) in [4.78, 5) is 20.1. The number of ether oxygens (including phenoxy) is 1. The van der Waals surface area contributed by atoms with Crippen LogP contribution in [0.25, 0.3) is 11.8 Å². The van der Waals surface area contributed by atoms with Gasteiger partial charge in [0, 0.05) is 18.7 Å². The van der Waals surface area contributed by atoms with Gasteiger partial charge in [0.1, 0.15) is 5.82 Å². The number of aromatic nitrogens is 2. The fraction of sp³-hybridized carbons (Fsp3) is 0.227. The minimum absolute atomic E-state index is 0.310. The molecule has 7 heteroatoms. The van der Waals surface area contributed by atoms with E-state index in [0.717, 1.165) is 53.6 Å². The maximum absolute atomic E-state index is 12.5. The highest BCUT2D eigenvalue weighted by atomic mass is 32.1. The SMILES string of the molecule is Cc1nn(-c2ccccc2)c(N2CCCC2)c1C=C1N=C(c2cccs2)OC1=O. The molecule has 0 saturated carbocycles. The van der Waals surface area contributed by atoms with Crippen molar-refractivity contribution in [3.05, 3.63) is 69.7 Å². The van der Waals surface area contributed by atoms with Gasteiger partial charge in [0.05, 0.1) is 16.3 Å². The smallest absolute Gasteiger partial charge is 0.363 e. The van der Waals surface area contributed by atoms with E-state index in [1.165, 1.54) is 11.3 Å². The Morgan fingerprint density at radius 1 is 1.10 bits per heavy atom. The van der Waals surface area contributed by atoms with Crippen LogP contribution in [0.4, 0.5) is 5.82 Å². The Hall–Kier alpha value is -3.19. The van der Waals surface area contributed by atoms with E-state index in [2.05, 4.69) is 9.89 Å². The number of para-hydroxylation sites is 1. The molecule has 6 nitrogen and oxygen atoms in total. The molecule has 0 unspecified atom stereocenters. The maximum Gasteiger partial charge on any atom is 0.363 e. The third-order valence-electron chi connectivity index (χ3n) is 5.12. The topological polar surface area (TPSA) is 59.7 Å². The quantitative estimate of drug-likeness (QED) is 0.483. The zero-order valence-electron chi connectivity index (χ0n) is 16.0. The Balaban J connectivity index is 1.62. The van der Waals surface area contributed by atoms with Crippen molar-refractivity contribution in [1.82, 2.24) is 9.78 Å². The molecule has 29 heavy (non-hydrogen) atoms. The first-order chi connectivity index (χ1) is 14.2. The van der Waals surface area contributed by atoms with Crippen LogP contribution in [0.3, 0.4) is 0 Å². The summed E-state index contributed by atoms with van der Waals surface area (Å²) in [5.41, 5.74) is 3.08. The van der Waals surface area contributed by atoms with Crippen molar-refractivity contribution >= 4 is 35.1 Å². The second-order valence-corrected chi connectivity index (χ2v) is 8.03. The highest BCUT2D eigenvalue weighted by Gasteiger charge is 2.28. The molecule has 1 saturated heterocycles. The number of anilines is 1. The second kappa shape index (κ2) is 7.33. The average molecular weight is 404 g/mol. The Morgan fingerprint density at radius 2 is 1.90 bits per heavy atom. The zero-order valence-corrected chi connectivity index (χ0v) is 16.9. The van der Waals surface area contributed by atoms with Gasteiger partial charge in [0.2, 0.25) is 5.90 Å². The third kappa shape index (κ3) is 3.27. The van der Waals surface area contributed by atoms with E-state index in [1.807, 2.05) is 65.5 Å². The van der Waals surface area contributed by atoms with Gasteiger partial charge < -0.3 is 9.64 Å². The van der Waals surface area contributed by atoms with Crippen LogP contribution >= 0.6 is 11.3 Å². The van der Waals surface area contributed by atoms with Crippen LogP contribution in [-0.2, 0) is 9.53 Å². The molecule has 0 bridgehead atoms. The molecule has 3 aromatic rings. The molecule has 4 heterocycles. The van der Waals surface area contributed by atoms with Crippen molar-refractivity contribution in [1.29, 1.82) is 0 Å². The van der Waals surface area contributed by atoms with Crippen molar-refractivity contribution < 1.29 is 9.53 Å². The van der Waals surface area contributed by atoms with Gasteiger partial charge in [-0.3, -0.25) is 0 Å². The van der Waals surface area contributed by atoms with E-state index in [4.69, 9.17) is 9.84 Å². The number of rotatable bonds is 4. The Labute approximate surface area is 172 Å². The Bertz CT molecular complexity index is 1110. The monoisotopic (exact) mass is 404 g/mol. The summed E-state index contributed by atoms with van der Waals surface area (Å²) >= 11 is 1.50. The van der Waals surface area contributed by atoms with Gasteiger partial charge in [0.15, 0.2) is 5.70 Å². The predicted molar refractivity (Wildman–Crippen MR) is 115 cm³/mol. The molecular weight excluding hydrogens is 384 g/mol. The number of nitrogens with zero attached hydrogens (tertiary/aromatic N) is 4. The van der Waals surface area contributed by atoms with Crippen molar-refractivity contribution in [3.63, 3.8) is 0 Å². The summed E-state index contributed by atoms with van der Waals surface area (Å²) in [6, 6.07) is 13.9. The third-order valence-corrected chi connectivity index (χ3v) is 5.98. The normalized spacial score (nSPS) is 17.8. The lowest BCUT2D eigenvalue weighted by Gasteiger charge is -2.20. The first-order valence-corrected chi connectivity index (χ1v) is 10.5. The first-order valence-electron chi connectivity index (χ1n) is 9.67. The van der Waals surface area contributed by atoms with E-state index in [-0.39, 0.29) is 0 Å². The number of aryl methyl sites for hydroxylation is 1. The van der Waals surface area contributed by atoms with Gasteiger partial charge in [-0.1, -0.05) is 24.3 Å². The molecule has 146 valence electrons. The van der Waals surface area contributed by atoms with Gasteiger partial charge in [-0.25, -0.2) is 14.5 Å². The van der Waals surface area contributed by atoms with Crippen molar-refractivity contribution in [2.75, 3.05) is 18.0 Å². The molecular formula is C22H20N4O2S. The summed E-state index contributed by atoms with van der Waals surface area (Å²) in [6.07, 6.45) is 4.12. The fourth-order valence-corrected chi connectivity index (χ4v) is 4.38. The summed E-state index contributed by atoms with van der Waals surface area (Å²) < 4.78 is 7.37. The standard InChI is InChI=1S/C22H20N4O2S/c1-15-17(14-18-22(27)28-20(23-18)19-10-7-13-29-19)21(25-11-5-6-12-25)26(24-15)16-8-3-2-4-9-16/h2-4,7-10,13-14H,5-6,11-12H2,1H3. The maximum atomic E-state index is 12.5.